The molecule has 0 spiro atoms. The molecule has 0 bridgehead atoms. The lowest BCUT2D eigenvalue weighted by Crippen LogP contribution is -2.40. The fraction of sp³-hybridized carbons (Fsp3) is 0.238. The number of carbonyl (C=O) groups is 1. The molecule has 4 rings (SSSR count). The van der Waals surface area contributed by atoms with Crippen molar-refractivity contribution in [2.45, 2.75) is 11.1 Å². The van der Waals surface area contributed by atoms with Gasteiger partial charge >= 0.3 is 12.1 Å². The van der Waals surface area contributed by atoms with Crippen molar-refractivity contribution < 1.29 is 36.2 Å². The average Bonchev–Trinajstić information content (AvgIpc) is 2.77. The standard InChI is InChI=1S/C21H17F3N2O5S/c22-21(23,24)17-4-2-1-3-14(17)19-12-16(20(27)28)15-11-13(5-6-18(15)25-19)32(29,30)26-7-9-31-10-8-26/h1-6,11-12H,7-10H2,(H,27,28). The number of benzene rings is 2. The number of carboxylic acids is 1. The third-order valence-electron chi connectivity index (χ3n) is 5.13. The fourth-order valence-corrected chi connectivity index (χ4v) is 5.00. The Morgan fingerprint density at radius 1 is 1.06 bits per heavy atom. The van der Waals surface area contributed by atoms with Crippen LogP contribution in [0.5, 0.6) is 0 Å². The monoisotopic (exact) mass is 466 g/mol. The summed E-state index contributed by atoms with van der Waals surface area (Å²) in [6.45, 7) is 0.822. The third kappa shape index (κ3) is 4.06. The second kappa shape index (κ2) is 8.15. The molecule has 0 amide bonds. The summed E-state index contributed by atoms with van der Waals surface area (Å²) in [5.74, 6) is -1.41. The molecule has 1 aliphatic rings. The maximum Gasteiger partial charge on any atom is 0.417 e. The largest absolute Gasteiger partial charge is 0.478 e. The number of morpholine rings is 1. The minimum absolute atomic E-state index is 0.0140. The summed E-state index contributed by atoms with van der Waals surface area (Å²) in [6.07, 6.45) is -4.66. The molecule has 7 nitrogen and oxygen atoms in total. The Kier molecular flexibility index (Phi) is 5.65. The van der Waals surface area contributed by atoms with Crippen molar-refractivity contribution in [3.8, 4) is 11.3 Å². The molecule has 2 aromatic carbocycles. The Morgan fingerprint density at radius 3 is 2.41 bits per heavy atom. The van der Waals surface area contributed by atoms with E-state index in [0.29, 0.717) is 0 Å². The number of sulfonamides is 1. The van der Waals surface area contributed by atoms with Crippen LogP contribution < -0.4 is 0 Å². The maximum absolute atomic E-state index is 13.4. The SMILES string of the molecule is O=C(O)c1cc(-c2ccccc2C(F)(F)F)nc2ccc(S(=O)(=O)N3CCOCC3)cc12. The Labute approximate surface area is 181 Å². The number of rotatable bonds is 4. The molecule has 0 atom stereocenters. The Morgan fingerprint density at radius 2 is 1.75 bits per heavy atom. The summed E-state index contributed by atoms with van der Waals surface area (Å²) in [6, 6.07) is 9.51. The number of alkyl halides is 3. The number of nitrogens with zero attached hydrogens (tertiary/aromatic N) is 2. The Bertz CT molecular complexity index is 1300. The number of aromatic carboxylic acids is 1. The third-order valence-corrected chi connectivity index (χ3v) is 7.02. The number of pyridine rings is 1. The molecule has 1 fully saturated rings. The lowest BCUT2D eigenvalue weighted by atomic mass is 10.00. The van der Waals surface area contributed by atoms with Crippen LogP contribution in [-0.4, -0.2) is 55.1 Å². The van der Waals surface area contributed by atoms with Gasteiger partial charge in [-0.05, 0) is 30.3 Å². The molecule has 168 valence electrons. The first-order valence-corrected chi connectivity index (χ1v) is 11.0. The van der Waals surface area contributed by atoms with Crippen LogP contribution in [-0.2, 0) is 20.9 Å². The summed E-state index contributed by atoms with van der Waals surface area (Å²) < 4.78 is 72.6. The number of hydrogen-bond donors (Lipinski definition) is 1. The van der Waals surface area contributed by atoms with E-state index in [-0.39, 0.29) is 58.9 Å². The van der Waals surface area contributed by atoms with Gasteiger partial charge in [0.1, 0.15) is 0 Å². The first kappa shape index (κ1) is 22.2. The summed E-state index contributed by atoms with van der Waals surface area (Å²) in [5, 5.41) is 9.71. The minimum atomic E-state index is -4.66. The van der Waals surface area contributed by atoms with E-state index in [1.54, 1.807) is 0 Å². The van der Waals surface area contributed by atoms with Gasteiger partial charge in [0.15, 0.2) is 0 Å². The first-order valence-electron chi connectivity index (χ1n) is 9.51. The number of hydrogen-bond acceptors (Lipinski definition) is 5. The molecule has 32 heavy (non-hydrogen) atoms. The maximum atomic E-state index is 13.4. The van der Waals surface area contributed by atoms with Crippen LogP contribution in [0.25, 0.3) is 22.2 Å². The number of carboxylic acid groups (broad SMARTS) is 1. The zero-order valence-electron chi connectivity index (χ0n) is 16.5. The van der Waals surface area contributed by atoms with Crippen LogP contribution >= 0.6 is 0 Å². The normalized spacial score (nSPS) is 15.7. The highest BCUT2D eigenvalue weighted by Crippen LogP contribution is 2.37. The number of fused-ring (bicyclic) bond motifs is 1. The van der Waals surface area contributed by atoms with Gasteiger partial charge in [0, 0.05) is 24.0 Å². The summed E-state index contributed by atoms with van der Waals surface area (Å²) in [7, 11) is -3.90. The molecule has 0 saturated carbocycles. The van der Waals surface area contributed by atoms with Gasteiger partial charge in [-0.25, -0.2) is 18.2 Å². The van der Waals surface area contributed by atoms with Crippen molar-refractivity contribution in [1.29, 1.82) is 0 Å². The average molecular weight is 466 g/mol. The van der Waals surface area contributed by atoms with E-state index in [2.05, 4.69) is 4.98 Å². The molecule has 3 aromatic rings. The van der Waals surface area contributed by atoms with Gasteiger partial charge in [0.05, 0.1) is 40.4 Å². The number of halogens is 3. The van der Waals surface area contributed by atoms with Gasteiger partial charge in [0.2, 0.25) is 10.0 Å². The van der Waals surface area contributed by atoms with Crippen molar-refractivity contribution in [3.05, 3.63) is 59.7 Å². The van der Waals surface area contributed by atoms with E-state index in [1.165, 1.54) is 40.7 Å². The topological polar surface area (TPSA) is 96.8 Å². The molecule has 1 aliphatic heterocycles. The quantitative estimate of drug-likeness (QED) is 0.631. The molecular weight excluding hydrogens is 449 g/mol. The number of aromatic nitrogens is 1. The van der Waals surface area contributed by atoms with Crippen LogP contribution in [0.4, 0.5) is 13.2 Å². The zero-order chi connectivity index (χ0) is 23.1. The van der Waals surface area contributed by atoms with Gasteiger partial charge in [-0.2, -0.15) is 17.5 Å². The highest BCUT2D eigenvalue weighted by Gasteiger charge is 2.34. The predicted molar refractivity (Wildman–Crippen MR) is 109 cm³/mol. The molecule has 1 aromatic heterocycles. The van der Waals surface area contributed by atoms with Gasteiger partial charge < -0.3 is 9.84 Å². The molecule has 0 aliphatic carbocycles. The van der Waals surface area contributed by atoms with Gasteiger partial charge in [-0.15, -0.1) is 0 Å². The smallest absolute Gasteiger partial charge is 0.417 e. The predicted octanol–water partition coefficient (Wildman–Crippen LogP) is 3.64. The molecule has 2 heterocycles. The van der Waals surface area contributed by atoms with Gasteiger partial charge in [0.25, 0.3) is 0 Å². The van der Waals surface area contributed by atoms with E-state index in [4.69, 9.17) is 4.74 Å². The molecule has 1 N–H and O–H groups in total. The molecule has 11 heteroatoms. The minimum Gasteiger partial charge on any atom is -0.478 e. The Hall–Kier alpha value is -3.02. The van der Waals surface area contributed by atoms with E-state index >= 15 is 0 Å². The van der Waals surface area contributed by atoms with Gasteiger partial charge in [-0.3, -0.25) is 0 Å². The molecular formula is C21H17F3N2O5S. The van der Waals surface area contributed by atoms with Crippen molar-refractivity contribution in [2.24, 2.45) is 0 Å². The lowest BCUT2D eigenvalue weighted by molar-refractivity contribution is -0.137. The first-order chi connectivity index (χ1) is 15.1. The molecule has 1 saturated heterocycles. The summed E-state index contributed by atoms with van der Waals surface area (Å²) >= 11 is 0. The van der Waals surface area contributed by atoms with E-state index < -0.39 is 27.7 Å². The van der Waals surface area contributed by atoms with E-state index in [0.717, 1.165) is 12.1 Å². The van der Waals surface area contributed by atoms with Crippen LogP contribution in [0, 0.1) is 0 Å². The summed E-state index contributed by atoms with van der Waals surface area (Å²) in [4.78, 5) is 16.0. The highest BCUT2D eigenvalue weighted by atomic mass is 32.2. The highest BCUT2D eigenvalue weighted by molar-refractivity contribution is 7.89. The van der Waals surface area contributed by atoms with Crippen LogP contribution in [0.2, 0.25) is 0 Å². The van der Waals surface area contributed by atoms with Crippen molar-refractivity contribution in [2.75, 3.05) is 26.3 Å². The van der Waals surface area contributed by atoms with Crippen LogP contribution in [0.1, 0.15) is 15.9 Å². The van der Waals surface area contributed by atoms with Crippen molar-refractivity contribution >= 4 is 26.9 Å². The van der Waals surface area contributed by atoms with E-state index in [1.807, 2.05) is 0 Å². The zero-order valence-corrected chi connectivity index (χ0v) is 17.3. The second-order valence-electron chi connectivity index (χ2n) is 7.10. The number of ether oxygens (including phenoxy) is 1. The Balaban J connectivity index is 1.88. The molecule has 0 unspecified atom stereocenters. The lowest BCUT2D eigenvalue weighted by Gasteiger charge is -2.26. The van der Waals surface area contributed by atoms with E-state index in [9.17, 15) is 31.5 Å². The van der Waals surface area contributed by atoms with Crippen LogP contribution in [0.3, 0.4) is 0 Å². The van der Waals surface area contributed by atoms with Gasteiger partial charge in [-0.1, -0.05) is 18.2 Å². The van der Waals surface area contributed by atoms with Crippen LogP contribution in [0.15, 0.2) is 53.4 Å². The fourth-order valence-electron chi connectivity index (χ4n) is 3.57. The summed E-state index contributed by atoms with van der Waals surface area (Å²) in [5.41, 5.74) is -1.67. The molecule has 0 radical (unpaired) electrons. The van der Waals surface area contributed by atoms with Crippen molar-refractivity contribution in [1.82, 2.24) is 9.29 Å². The van der Waals surface area contributed by atoms with Crippen molar-refractivity contribution in [3.63, 3.8) is 0 Å². The second-order valence-corrected chi connectivity index (χ2v) is 9.04.